The van der Waals surface area contributed by atoms with Crippen LogP contribution in [0.1, 0.15) is 19.8 Å². The van der Waals surface area contributed by atoms with Crippen LogP contribution < -0.4 is 0 Å². The summed E-state index contributed by atoms with van der Waals surface area (Å²) in [5, 5.41) is 0. The van der Waals surface area contributed by atoms with E-state index in [1.165, 1.54) is 4.90 Å². The lowest BCUT2D eigenvalue weighted by molar-refractivity contribution is 0.121. The zero-order valence-electron chi connectivity index (χ0n) is 6.59. The fourth-order valence-electron chi connectivity index (χ4n) is 0.414. The smallest absolute Gasteiger partial charge is 0.409 e. The van der Waals surface area contributed by atoms with Gasteiger partial charge in [-0.2, -0.15) is 0 Å². The highest BCUT2D eigenvalue weighted by Gasteiger charge is 2.01. The fourth-order valence-corrected chi connectivity index (χ4v) is 0.414. The van der Waals surface area contributed by atoms with E-state index in [2.05, 4.69) is 7.05 Å². The van der Waals surface area contributed by atoms with E-state index in [0.717, 1.165) is 12.8 Å². The maximum absolute atomic E-state index is 10.7. The summed E-state index contributed by atoms with van der Waals surface area (Å²) in [6.45, 7) is 2.54. The highest BCUT2D eigenvalue weighted by molar-refractivity contribution is 5.67. The van der Waals surface area contributed by atoms with Crippen LogP contribution in [0.25, 0.3) is 0 Å². The van der Waals surface area contributed by atoms with E-state index < -0.39 is 0 Å². The number of unbranched alkanes of at least 4 members (excludes halogenated alkanes) is 1. The topological polar surface area (TPSA) is 29.5 Å². The SMILES string of the molecule is [CH2]N(C)C(=O)OCCCC. The molecule has 10 heavy (non-hydrogen) atoms. The van der Waals surface area contributed by atoms with Crippen LogP contribution in [0.15, 0.2) is 0 Å². The third kappa shape index (κ3) is 4.18. The van der Waals surface area contributed by atoms with Crippen LogP contribution in [0.3, 0.4) is 0 Å². The molecule has 0 heterocycles. The molecule has 0 N–H and O–H groups in total. The molecule has 3 heteroatoms. The Morgan fingerprint density at radius 2 is 2.30 bits per heavy atom. The summed E-state index contributed by atoms with van der Waals surface area (Å²) in [5.74, 6) is 0. The van der Waals surface area contributed by atoms with E-state index in [1.807, 2.05) is 6.92 Å². The summed E-state index contributed by atoms with van der Waals surface area (Å²) in [7, 11) is 4.94. The van der Waals surface area contributed by atoms with Gasteiger partial charge in [-0.05, 0) is 6.42 Å². The number of ether oxygens (including phenoxy) is 1. The van der Waals surface area contributed by atoms with Crippen LogP contribution in [-0.2, 0) is 4.74 Å². The Morgan fingerprint density at radius 3 is 2.70 bits per heavy atom. The summed E-state index contributed by atoms with van der Waals surface area (Å²) in [6.07, 6.45) is 1.58. The molecule has 0 saturated heterocycles. The maximum Gasteiger partial charge on any atom is 0.409 e. The van der Waals surface area contributed by atoms with E-state index in [0.29, 0.717) is 6.61 Å². The summed E-state index contributed by atoms with van der Waals surface area (Å²) in [6, 6.07) is 0. The van der Waals surface area contributed by atoms with Crippen molar-refractivity contribution in [1.82, 2.24) is 4.90 Å². The normalized spacial score (nSPS) is 9.10. The van der Waals surface area contributed by atoms with Gasteiger partial charge in [0, 0.05) is 14.1 Å². The monoisotopic (exact) mass is 144 g/mol. The first-order valence-electron chi connectivity index (χ1n) is 3.39. The molecule has 0 aromatic carbocycles. The van der Waals surface area contributed by atoms with Gasteiger partial charge in [-0.15, -0.1) is 0 Å². The Balaban J connectivity index is 3.22. The molecule has 0 aliphatic carbocycles. The minimum Gasteiger partial charge on any atom is -0.449 e. The van der Waals surface area contributed by atoms with Crippen molar-refractivity contribution in [2.45, 2.75) is 19.8 Å². The average molecular weight is 144 g/mol. The van der Waals surface area contributed by atoms with Crippen LogP contribution in [0, 0.1) is 7.05 Å². The van der Waals surface area contributed by atoms with Gasteiger partial charge in [-0.1, -0.05) is 13.3 Å². The fraction of sp³-hybridized carbons (Fsp3) is 0.714. The Labute approximate surface area is 62.0 Å². The summed E-state index contributed by atoms with van der Waals surface area (Å²) in [4.78, 5) is 11.8. The van der Waals surface area contributed by atoms with Gasteiger partial charge >= 0.3 is 6.09 Å². The lowest BCUT2D eigenvalue weighted by Crippen LogP contribution is -2.20. The predicted molar refractivity (Wildman–Crippen MR) is 39.4 cm³/mol. The third-order valence-electron chi connectivity index (χ3n) is 1.04. The van der Waals surface area contributed by atoms with Gasteiger partial charge in [0.15, 0.2) is 0 Å². The molecule has 0 unspecified atom stereocenters. The van der Waals surface area contributed by atoms with Crippen molar-refractivity contribution in [2.24, 2.45) is 0 Å². The molecule has 0 saturated carbocycles. The highest BCUT2D eigenvalue weighted by Crippen LogP contribution is 1.91. The molecule has 0 aliphatic rings. The molecule has 1 amide bonds. The van der Waals surface area contributed by atoms with Crippen molar-refractivity contribution in [2.75, 3.05) is 13.7 Å². The molecule has 3 nitrogen and oxygen atoms in total. The van der Waals surface area contributed by atoms with E-state index in [-0.39, 0.29) is 6.09 Å². The Kier molecular flexibility index (Phi) is 4.72. The molecule has 0 spiro atoms. The number of hydrogen-bond acceptors (Lipinski definition) is 2. The van der Waals surface area contributed by atoms with Gasteiger partial charge in [-0.3, -0.25) is 0 Å². The van der Waals surface area contributed by atoms with E-state index in [4.69, 9.17) is 4.74 Å². The highest BCUT2D eigenvalue weighted by atomic mass is 16.6. The van der Waals surface area contributed by atoms with Gasteiger partial charge in [-0.25, -0.2) is 4.79 Å². The second-order valence-corrected chi connectivity index (χ2v) is 2.17. The number of amides is 1. The van der Waals surface area contributed by atoms with Gasteiger partial charge in [0.2, 0.25) is 0 Å². The minimum absolute atomic E-state index is 0.367. The van der Waals surface area contributed by atoms with Gasteiger partial charge in [0.1, 0.15) is 0 Å². The molecule has 0 aromatic rings. The minimum atomic E-state index is -0.367. The first-order chi connectivity index (χ1) is 4.68. The number of hydrogen-bond donors (Lipinski definition) is 0. The Bertz CT molecular complexity index is 102. The molecular formula is C7H14NO2. The van der Waals surface area contributed by atoms with Crippen molar-refractivity contribution in [1.29, 1.82) is 0 Å². The van der Waals surface area contributed by atoms with Crippen molar-refractivity contribution in [3.63, 3.8) is 0 Å². The zero-order chi connectivity index (χ0) is 7.98. The lowest BCUT2D eigenvalue weighted by atomic mass is 10.4. The van der Waals surface area contributed by atoms with E-state index in [9.17, 15) is 4.79 Å². The van der Waals surface area contributed by atoms with Crippen molar-refractivity contribution in [3.8, 4) is 0 Å². The Hall–Kier alpha value is -0.730. The second kappa shape index (κ2) is 5.09. The Morgan fingerprint density at radius 1 is 1.70 bits per heavy atom. The molecule has 1 radical (unpaired) electrons. The first-order valence-corrected chi connectivity index (χ1v) is 3.39. The second-order valence-electron chi connectivity index (χ2n) is 2.17. The van der Waals surface area contributed by atoms with Gasteiger partial charge in [0.25, 0.3) is 0 Å². The number of carbonyl (C=O) groups is 1. The molecule has 0 fully saturated rings. The van der Waals surface area contributed by atoms with Crippen LogP contribution >= 0.6 is 0 Å². The molecule has 0 atom stereocenters. The molecule has 0 aromatic heterocycles. The summed E-state index contributed by atoms with van der Waals surface area (Å²) < 4.78 is 4.77. The summed E-state index contributed by atoms with van der Waals surface area (Å²) in [5.41, 5.74) is 0. The quantitative estimate of drug-likeness (QED) is 0.563. The molecule has 0 bridgehead atoms. The van der Waals surface area contributed by atoms with Crippen molar-refractivity contribution < 1.29 is 9.53 Å². The molecule has 59 valence electrons. The lowest BCUT2D eigenvalue weighted by Gasteiger charge is -2.09. The standard InChI is InChI=1S/C7H14NO2/c1-4-5-6-10-7(9)8(2)3/h2,4-6H2,1,3H3. The largest absolute Gasteiger partial charge is 0.449 e. The van der Waals surface area contributed by atoms with Crippen LogP contribution in [0.4, 0.5) is 4.79 Å². The van der Waals surface area contributed by atoms with E-state index >= 15 is 0 Å². The number of nitrogens with zero attached hydrogens (tertiary/aromatic N) is 1. The summed E-state index contributed by atoms with van der Waals surface area (Å²) >= 11 is 0. The van der Waals surface area contributed by atoms with Gasteiger partial charge < -0.3 is 9.64 Å². The maximum atomic E-state index is 10.7. The van der Waals surface area contributed by atoms with Crippen LogP contribution in [0.5, 0.6) is 0 Å². The van der Waals surface area contributed by atoms with Crippen LogP contribution in [-0.4, -0.2) is 24.6 Å². The van der Waals surface area contributed by atoms with E-state index in [1.54, 1.807) is 7.05 Å². The van der Waals surface area contributed by atoms with Crippen LogP contribution in [0.2, 0.25) is 0 Å². The van der Waals surface area contributed by atoms with Crippen molar-refractivity contribution >= 4 is 6.09 Å². The van der Waals surface area contributed by atoms with Gasteiger partial charge in [0.05, 0.1) is 6.61 Å². The number of rotatable bonds is 3. The third-order valence-corrected chi connectivity index (χ3v) is 1.04. The molecular weight excluding hydrogens is 130 g/mol. The predicted octanol–water partition coefficient (Wildman–Crippen LogP) is 1.65. The van der Waals surface area contributed by atoms with Crippen molar-refractivity contribution in [3.05, 3.63) is 7.05 Å². The zero-order valence-corrected chi connectivity index (χ0v) is 6.59. The molecule has 0 rings (SSSR count). The number of carbonyl (C=O) groups excluding carboxylic acids is 1. The first kappa shape index (κ1) is 9.27. The average Bonchev–Trinajstić information content (AvgIpc) is 1.88. The molecule has 0 aliphatic heterocycles.